The van der Waals surface area contributed by atoms with Crippen LogP contribution in [0.15, 0.2) is 12.2 Å². The van der Waals surface area contributed by atoms with Gasteiger partial charge < -0.3 is 0 Å². The second-order valence-corrected chi connectivity index (χ2v) is 11.1. The van der Waals surface area contributed by atoms with Crippen molar-refractivity contribution in [2.24, 2.45) is 17.8 Å². The van der Waals surface area contributed by atoms with Crippen LogP contribution in [-0.4, -0.2) is 8.07 Å². The van der Waals surface area contributed by atoms with E-state index >= 15 is 0 Å². The lowest BCUT2D eigenvalue weighted by Crippen LogP contribution is -2.34. The molecule has 0 aromatic carbocycles. The van der Waals surface area contributed by atoms with E-state index < -0.39 is 8.07 Å². The number of rotatable bonds is 1. The third-order valence-corrected chi connectivity index (χ3v) is 6.81. The zero-order valence-electron chi connectivity index (χ0n) is 8.67. The Bertz CT molecular complexity index is 212. The van der Waals surface area contributed by atoms with Gasteiger partial charge in [-0.25, -0.2) is 0 Å². The van der Waals surface area contributed by atoms with E-state index in [-0.39, 0.29) is 0 Å². The molecule has 0 spiro atoms. The fourth-order valence-electron chi connectivity index (χ4n) is 3.50. The highest BCUT2D eigenvalue weighted by Gasteiger charge is 2.47. The molecule has 0 aliphatic heterocycles. The van der Waals surface area contributed by atoms with E-state index in [9.17, 15) is 0 Å². The molecule has 0 nitrogen and oxygen atoms in total. The highest BCUT2D eigenvalue weighted by molar-refractivity contribution is 6.77. The van der Waals surface area contributed by atoms with Crippen molar-refractivity contribution in [3.63, 3.8) is 0 Å². The van der Waals surface area contributed by atoms with Gasteiger partial charge in [0, 0.05) is 8.07 Å². The molecule has 2 aliphatic carbocycles. The molecule has 0 amide bonds. The van der Waals surface area contributed by atoms with Gasteiger partial charge in [0.1, 0.15) is 0 Å². The molecule has 1 heteroatoms. The van der Waals surface area contributed by atoms with E-state index in [0.29, 0.717) is 0 Å². The smallest absolute Gasteiger partial charge is 0.0482 e. The normalized spacial score (nSPS) is 45.7. The number of hydrogen-bond donors (Lipinski definition) is 0. The van der Waals surface area contributed by atoms with Crippen LogP contribution in [0.4, 0.5) is 0 Å². The van der Waals surface area contributed by atoms with E-state index in [2.05, 4.69) is 38.7 Å². The van der Waals surface area contributed by atoms with Gasteiger partial charge in [0.25, 0.3) is 0 Å². The first-order chi connectivity index (χ1) is 5.50. The molecule has 68 valence electrons. The van der Waals surface area contributed by atoms with Crippen LogP contribution in [0.2, 0.25) is 25.2 Å². The lowest BCUT2D eigenvalue weighted by atomic mass is 9.95. The van der Waals surface area contributed by atoms with Crippen molar-refractivity contribution in [1.29, 1.82) is 0 Å². The van der Waals surface area contributed by atoms with E-state index in [4.69, 9.17) is 0 Å². The molecule has 4 unspecified atom stereocenters. The largest absolute Gasteiger partial charge is 0.0851 e. The summed E-state index contributed by atoms with van der Waals surface area (Å²) in [6.45, 7) is 10.1. The molecular weight excluding hydrogens is 160 g/mol. The Kier molecular flexibility index (Phi) is 1.76. The minimum absolute atomic E-state index is 0.892. The van der Waals surface area contributed by atoms with Crippen molar-refractivity contribution >= 4 is 8.07 Å². The maximum absolute atomic E-state index is 2.53. The lowest BCUT2D eigenvalue weighted by Gasteiger charge is -2.35. The fraction of sp³-hybridized carbons (Fsp3) is 0.818. The Morgan fingerprint density at radius 2 is 1.67 bits per heavy atom. The van der Waals surface area contributed by atoms with Gasteiger partial charge in [-0.3, -0.25) is 0 Å². The molecule has 1 fully saturated rings. The first-order valence-electron chi connectivity index (χ1n) is 5.18. The first-order valence-corrected chi connectivity index (χ1v) is 8.76. The molecular formula is C11H20Si. The molecule has 4 atom stereocenters. The van der Waals surface area contributed by atoms with Crippen molar-refractivity contribution in [2.45, 2.75) is 38.5 Å². The van der Waals surface area contributed by atoms with Gasteiger partial charge in [-0.1, -0.05) is 38.7 Å². The summed E-state index contributed by atoms with van der Waals surface area (Å²) >= 11 is 0. The van der Waals surface area contributed by atoms with Gasteiger partial charge in [0.05, 0.1) is 0 Å². The van der Waals surface area contributed by atoms with Gasteiger partial charge >= 0.3 is 0 Å². The van der Waals surface area contributed by atoms with Gasteiger partial charge in [0.2, 0.25) is 0 Å². The minimum atomic E-state index is -0.892. The van der Waals surface area contributed by atoms with Crippen molar-refractivity contribution in [1.82, 2.24) is 0 Å². The summed E-state index contributed by atoms with van der Waals surface area (Å²) < 4.78 is 0. The predicted octanol–water partition coefficient (Wildman–Crippen LogP) is 3.54. The average molecular weight is 180 g/mol. The van der Waals surface area contributed by atoms with Crippen LogP contribution in [0.1, 0.15) is 13.3 Å². The van der Waals surface area contributed by atoms with Gasteiger partial charge in [-0.05, 0) is 29.7 Å². The Morgan fingerprint density at radius 1 is 1.08 bits per heavy atom. The number of hydrogen-bond acceptors (Lipinski definition) is 0. The van der Waals surface area contributed by atoms with Crippen LogP contribution in [0, 0.1) is 17.8 Å². The number of allylic oxidation sites excluding steroid dienone is 2. The van der Waals surface area contributed by atoms with Crippen LogP contribution < -0.4 is 0 Å². The Labute approximate surface area is 77.1 Å². The third-order valence-electron chi connectivity index (χ3n) is 3.85. The Hall–Kier alpha value is -0.0431. The molecule has 0 radical (unpaired) electrons. The molecule has 2 bridgehead atoms. The van der Waals surface area contributed by atoms with E-state index in [1.807, 2.05) is 0 Å². The van der Waals surface area contributed by atoms with Crippen molar-refractivity contribution < 1.29 is 0 Å². The van der Waals surface area contributed by atoms with Crippen LogP contribution in [-0.2, 0) is 0 Å². The van der Waals surface area contributed by atoms with E-state index in [1.165, 1.54) is 6.42 Å². The summed E-state index contributed by atoms with van der Waals surface area (Å²) in [5.74, 6) is 2.87. The molecule has 0 aromatic rings. The first kappa shape index (κ1) is 8.55. The molecule has 2 rings (SSSR count). The third kappa shape index (κ3) is 1.10. The summed E-state index contributed by atoms with van der Waals surface area (Å²) in [5.41, 5.74) is 1.06. The quantitative estimate of drug-likeness (QED) is 0.428. The van der Waals surface area contributed by atoms with Crippen molar-refractivity contribution in [2.75, 3.05) is 0 Å². The average Bonchev–Trinajstić information content (AvgIpc) is 2.42. The monoisotopic (exact) mass is 180 g/mol. The fourth-order valence-corrected chi connectivity index (χ4v) is 6.86. The molecule has 0 aromatic heterocycles. The van der Waals surface area contributed by atoms with Crippen molar-refractivity contribution in [3.05, 3.63) is 12.2 Å². The highest BCUT2D eigenvalue weighted by atomic mass is 28.3. The summed E-state index contributed by atoms with van der Waals surface area (Å²) in [4.78, 5) is 0. The van der Waals surface area contributed by atoms with Crippen molar-refractivity contribution in [3.8, 4) is 0 Å². The van der Waals surface area contributed by atoms with Crippen LogP contribution >= 0.6 is 0 Å². The summed E-state index contributed by atoms with van der Waals surface area (Å²) in [6.07, 6.45) is 6.43. The minimum Gasteiger partial charge on any atom is -0.0851 e. The molecule has 2 aliphatic rings. The van der Waals surface area contributed by atoms with E-state index in [1.54, 1.807) is 0 Å². The SMILES string of the molecule is CC1C2C=CC(C2)C1[Si](C)(C)C. The zero-order chi connectivity index (χ0) is 8.93. The topological polar surface area (TPSA) is 0 Å². The maximum Gasteiger partial charge on any atom is 0.0482 e. The zero-order valence-corrected chi connectivity index (χ0v) is 9.67. The summed E-state index contributed by atoms with van der Waals surface area (Å²) in [5, 5.41) is 0. The maximum atomic E-state index is 2.53. The Balaban J connectivity index is 2.24. The number of fused-ring (bicyclic) bond motifs is 2. The predicted molar refractivity (Wildman–Crippen MR) is 57.0 cm³/mol. The molecule has 0 saturated heterocycles. The van der Waals surface area contributed by atoms with Gasteiger partial charge in [-0.15, -0.1) is 0 Å². The van der Waals surface area contributed by atoms with E-state index in [0.717, 1.165) is 23.3 Å². The van der Waals surface area contributed by atoms with Gasteiger partial charge in [-0.2, -0.15) is 0 Å². The standard InChI is InChI=1S/C11H20Si/c1-8-9-5-6-10(7-9)11(8)12(2,3)4/h5-6,8-11H,7H2,1-4H3. The second-order valence-electron chi connectivity index (χ2n) is 5.70. The molecule has 1 saturated carbocycles. The lowest BCUT2D eigenvalue weighted by molar-refractivity contribution is 0.483. The molecule has 0 heterocycles. The van der Waals surface area contributed by atoms with Gasteiger partial charge in [0.15, 0.2) is 0 Å². The van der Waals surface area contributed by atoms with Crippen LogP contribution in [0.3, 0.4) is 0 Å². The summed E-state index contributed by atoms with van der Waals surface area (Å²) in [6, 6.07) is 0. The second kappa shape index (κ2) is 2.47. The molecule has 12 heavy (non-hydrogen) atoms. The van der Waals surface area contributed by atoms with Crippen LogP contribution in [0.25, 0.3) is 0 Å². The Morgan fingerprint density at radius 3 is 2.00 bits per heavy atom. The highest BCUT2D eigenvalue weighted by Crippen LogP contribution is 2.55. The summed E-state index contributed by atoms with van der Waals surface area (Å²) in [7, 11) is -0.892. The molecule has 0 N–H and O–H groups in total. The van der Waals surface area contributed by atoms with Crippen LogP contribution in [0.5, 0.6) is 0 Å².